The molecule has 1 atom stereocenters. The van der Waals surface area contributed by atoms with Crippen LogP contribution in [0.1, 0.15) is 19.8 Å². The highest BCUT2D eigenvalue weighted by Crippen LogP contribution is 2.17. The van der Waals surface area contributed by atoms with E-state index >= 15 is 0 Å². The minimum atomic E-state index is 0.222. The van der Waals surface area contributed by atoms with Crippen molar-refractivity contribution >= 4 is 23.5 Å². The van der Waals surface area contributed by atoms with E-state index in [9.17, 15) is 0 Å². The standard InChI is InChI=1S/C12H21ClN6/c1-4-19-7-5-6-9(19)8-14-11-15-10(13)16-12(17-11)18(2)3/h9H,4-8H2,1-3H3,(H,14,15,16,17). The van der Waals surface area contributed by atoms with E-state index < -0.39 is 0 Å². The normalized spacial score (nSPS) is 19.7. The first-order valence-electron chi connectivity index (χ1n) is 6.67. The number of likely N-dealkylation sites (N-methyl/N-ethyl adjacent to an activating group) is 1. The van der Waals surface area contributed by atoms with E-state index in [0.29, 0.717) is 17.9 Å². The third-order valence-corrected chi connectivity index (χ3v) is 3.57. The molecule has 0 spiro atoms. The summed E-state index contributed by atoms with van der Waals surface area (Å²) < 4.78 is 0. The molecule has 1 saturated heterocycles. The van der Waals surface area contributed by atoms with Gasteiger partial charge in [-0.3, -0.25) is 4.90 Å². The van der Waals surface area contributed by atoms with Crippen molar-refractivity contribution in [3.05, 3.63) is 5.28 Å². The van der Waals surface area contributed by atoms with E-state index in [-0.39, 0.29) is 5.28 Å². The molecular weight excluding hydrogens is 264 g/mol. The van der Waals surface area contributed by atoms with Gasteiger partial charge in [0.1, 0.15) is 0 Å². The van der Waals surface area contributed by atoms with Crippen molar-refractivity contribution in [1.29, 1.82) is 0 Å². The topological polar surface area (TPSA) is 57.2 Å². The van der Waals surface area contributed by atoms with Gasteiger partial charge in [-0.1, -0.05) is 6.92 Å². The smallest absolute Gasteiger partial charge is 0.230 e. The number of halogens is 1. The van der Waals surface area contributed by atoms with Gasteiger partial charge < -0.3 is 10.2 Å². The van der Waals surface area contributed by atoms with E-state index in [1.54, 1.807) is 0 Å². The van der Waals surface area contributed by atoms with Gasteiger partial charge in [-0.2, -0.15) is 15.0 Å². The maximum atomic E-state index is 5.91. The summed E-state index contributed by atoms with van der Waals surface area (Å²) in [6.45, 7) is 5.32. The van der Waals surface area contributed by atoms with Crippen LogP contribution in [0.25, 0.3) is 0 Å². The largest absolute Gasteiger partial charge is 0.352 e. The van der Waals surface area contributed by atoms with E-state index in [4.69, 9.17) is 11.6 Å². The number of nitrogens with zero attached hydrogens (tertiary/aromatic N) is 5. The zero-order valence-electron chi connectivity index (χ0n) is 11.7. The summed E-state index contributed by atoms with van der Waals surface area (Å²) in [5, 5.41) is 3.49. The van der Waals surface area contributed by atoms with Crippen molar-refractivity contribution in [2.24, 2.45) is 0 Å². The lowest BCUT2D eigenvalue weighted by atomic mass is 10.2. The number of anilines is 2. The summed E-state index contributed by atoms with van der Waals surface area (Å²) in [5.41, 5.74) is 0. The molecule has 1 unspecified atom stereocenters. The first kappa shape index (κ1) is 14.3. The zero-order valence-corrected chi connectivity index (χ0v) is 12.5. The highest BCUT2D eigenvalue weighted by molar-refractivity contribution is 6.28. The lowest BCUT2D eigenvalue weighted by Crippen LogP contribution is -2.35. The van der Waals surface area contributed by atoms with Crippen LogP contribution in [0.15, 0.2) is 0 Å². The number of nitrogens with one attached hydrogen (secondary N) is 1. The van der Waals surface area contributed by atoms with Crippen LogP contribution in [0, 0.1) is 0 Å². The maximum absolute atomic E-state index is 5.91. The lowest BCUT2D eigenvalue weighted by Gasteiger charge is -2.23. The highest BCUT2D eigenvalue weighted by atomic mass is 35.5. The number of hydrogen-bond donors (Lipinski definition) is 1. The fraction of sp³-hybridized carbons (Fsp3) is 0.750. The minimum absolute atomic E-state index is 0.222. The van der Waals surface area contributed by atoms with Gasteiger partial charge in [0.15, 0.2) is 0 Å². The molecule has 2 rings (SSSR count). The van der Waals surface area contributed by atoms with E-state index in [1.807, 2.05) is 19.0 Å². The first-order chi connectivity index (χ1) is 9.10. The van der Waals surface area contributed by atoms with Gasteiger partial charge >= 0.3 is 0 Å². The van der Waals surface area contributed by atoms with Gasteiger partial charge in [-0.15, -0.1) is 0 Å². The average molecular weight is 285 g/mol. The molecule has 1 aromatic heterocycles. The van der Waals surface area contributed by atoms with Crippen molar-refractivity contribution in [1.82, 2.24) is 19.9 Å². The van der Waals surface area contributed by atoms with Crippen LogP contribution in [0.5, 0.6) is 0 Å². The summed E-state index contributed by atoms with van der Waals surface area (Å²) in [5.74, 6) is 1.12. The van der Waals surface area contributed by atoms with Crippen LogP contribution in [0.2, 0.25) is 5.28 Å². The fourth-order valence-corrected chi connectivity index (χ4v) is 2.53. The van der Waals surface area contributed by atoms with Gasteiger partial charge in [-0.05, 0) is 37.5 Å². The molecule has 1 aromatic rings. The summed E-state index contributed by atoms with van der Waals surface area (Å²) in [4.78, 5) is 16.8. The molecule has 1 fully saturated rings. The third kappa shape index (κ3) is 3.67. The van der Waals surface area contributed by atoms with Crippen molar-refractivity contribution in [3.63, 3.8) is 0 Å². The Labute approximate surface area is 119 Å². The van der Waals surface area contributed by atoms with Gasteiger partial charge in [-0.25, -0.2) is 0 Å². The molecule has 0 bridgehead atoms. The Kier molecular flexibility index (Phi) is 4.76. The molecule has 0 aromatic carbocycles. The molecule has 2 heterocycles. The van der Waals surface area contributed by atoms with Crippen molar-refractivity contribution in [2.45, 2.75) is 25.8 Å². The Balaban J connectivity index is 1.99. The number of hydrogen-bond acceptors (Lipinski definition) is 6. The second-order valence-electron chi connectivity index (χ2n) is 4.93. The molecular formula is C12H21ClN6. The minimum Gasteiger partial charge on any atom is -0.352 e. The summed E-state index contributed by atoms with van der Waals surface area (Å²) >= 11 is 5.91. The predicted molar refractivity (Wildman–Crippen MR) is 77.9 cm³/mol. The molecule has 0 amide bonds. The SMILES string of the molecule is CCN1CCCC1CNc1nc(Cl)nc(N(C)C)n1. The molecule has 1 aliphatic rings. The van der Waals surface area contributed by atoms with E-state index in [1.165, 1.54) is 19.4 Å². The van der Waals surface area contributed by atoms with Crippen LogP contribution >= 0.6 is 11.6 Å². The summed E-state index contributed by atoms with van der Waals surface area (Å²) in [6.07, 6.45) is 2.49. The fourth-order valence-electron chi connectivity index (χ4n) is 2.37. The quantitative estimate of drug-likeness (QED) is 0.884. The van der Waals surface area contributed by atoms with Crippen LogP contribution in [-0.4, -0.2) is 59.6 Å². The molecule has 19 heavy (non-hydrogen) atoms. The maximum Gasteiger partial charge on any atom is 0.230 e. The summed E-state index contributed by atoms with van der Waals surface area (Å²) in [6, 6.07) is 0.559. The molecule has 0 aliphatic carbocycles. The number of aromatic nitrogens is 3. The van der Waals surface area contributed by atoms with Gasteiger partial charge in [0.05, 0.1) is 0 Å². The molecule has 1 aliphatic heterocycles. The molecule has 1 N–H and O–H groups in total. The molecule has 7 heteroatoms. The second-order valence-corrected chi connectivity index (χ2v) is 5.27. The Hall–Kier alpha value is -1.14. The van der Waals surface area contributed by atoms with Gasteiger partial charge in [0, 0.05) is 26.7 Å². The Morgan fingerprint density at radius 1 is 1.37 bits per heavy atom. The monoisotopic (exact) mass is 284 g/mol. The van der Waals surface area contributed by atoms with Crippen molar-refractivity contribution in [3.8, 4) is 0 Å². The number of rotatable bonds is 5. The molecule has 106 valence electrons. The van der Waals surface area contributed by atoms with Gasteiger partial charge in [0.2, 0.25) is 17.2 Å². The van der Waals surface area contributed by atoms with E-state index in [0.717, 1.165) is 13.1 Å². The first-order valence-corrected chi connectivity index (χ1v) is 7.04. The lowest BCUT2D eigenvalue weighted by molar-refractivity contribution is 0.277. The van der Waals surface area contributed by atoms with Crippen molar-refractivity contribution in [2.75, 3.05) is 43.9 Å². The number of likely N-dealkylation sites (tertiary alicyclic amines) is 1. The molecule has 0 radical (unpaired) electrons. The molecule has 6 nitrogen and oxygen atoms in total. The van der Waals surface area contributed by atoms with Gasteiger partial charge in [0.25, 0.3) is 0 Å². The predicted octanol–water partition coefficient (Wildman–Crippen LogP) is 1.49. The van der Waals surface area contributed by atoms with Crippen LogP contribution in [0.4, 0.5) is 11.9 Å². The Bertz CT molecular complexity index is 425. The van der Waals surface area contributed by atoms with Crippen LogP contribution in [-0.2, 0) is 0 Å². The third-order valence-electron chi connectivity index (χ3n) is 3.40. The van der Waals surface area contributed by atoms with Crippen LogP contribution < -0.4 is 10.2 Å². The second kappa shape index (κ2) is 6.34. The molecule has 0 saturated carbocycles. The van der Waals surface area contributed by atoms with E-state index in [2.05, 4.69) is 32.1 Å². The highest BCUT2D eigenvalue weighted by Gasteiger charge is 2.22. The average Bonchev–Trinajstić information content (AvgIpc) is 2.83. The van der Waals surface area contributed by atoms with Crippen molar-refractivity contribution < 1.29 is 0 Å². The summed E-state index contributed by atoms with van der Waals surface area (Å²) in [7, 11) is 3.76. The van der Waals surface area contributed by atoms with Crippen LogP contribution in [0.3, 0.4) is 0 Å². The Morgan fingerprint density at radius 3 is 2.84 bits per heavy atom. The Morgan fingerprint density at radius 2 is 2.16 bits per heavy atom. The zero-order chi connectivity index (χ0) is 13.8.